The molecular weight excluding hydrogens is 340 g/mol. The second-order valence-electron chi connectivity index (χ2n) is 7.89. The van der Waals surface area contributed by atoms with Gasteiger partial charge in [-0.2, -0.15) is 0 Å². The van der Waals surface area contributed by atoms with Crippen LogP contribution in [-0.4, -0.2) is 24.6 Å². The van der Waals surface area contributed by atoms with Crippen LogP contribution in [0.3, 0.4) is 0 Å². The molecule has 0 heterocycles. The molecule has 0 aliphatic rings. The third-order valence-corrected chi connectivity index (χ3v) is 4.63. The van der Waals surface area contributed by atoms with E-state index in [1.54, 1.807) is 19.2 Å². The fourth-order valence-electron chi connectivity index (χ4n) is 2.67. The van der Waals surface area contributed by atoms with E-state index in [0.29, 0.717) is 12.2 Å². The summed E-state index contributed by atoms with van der Waals surface area (Å²) in [5.41, 5.74) is 2.58. The molecule has 0 aliphatic carbocycles. The quantitative estimate of drug-likeness (QED) is 0.734. The fraction of sp³-hybridized carbons (Fsp3) is 0.435. The molecule has 146 valence electrons. The number of benzene rings is 2. The van der Waals surface area contributed by atoms with Gasteiger partial charge in [-0.05, 0) is 54.7 Å². The molecule has 0 radical (unpaired) electrons. The first-order chi connectivity index (χ1) is 12.7. The Balaban J connectivity index is 1.96. The minimum Gasteiger partial charge on any atom is -0.496 e. The SMILES string of the molecule is COc1cc(CC[C@@H](O)c2cccc(OCC(=O)C(C)(C)C)c2)ccc1C. The molecule has 4 nitrogen and oxygen atoms in total. The Labute approximate surface area is 162 Å². The van der Waals surface area contributed by atoms with Crippen molar-refractivity contribution in [3.63, 3.8) is 0 Å². The Morgan fingerprint density at radius 3 is 2.56 bits per heavy atom. The molecule has 0 aliphatic heterocycles. The molecule has 27 heavy (non-hydrogen) atoms. The monoisotopic (exact) mass is 370 g/mol. The van der Waals surface area contributed by atoms with Gasteiger partial charge in [-0.3, -0.25) is 4.79 Å². The Kier molecular flexibility index (Phi) is 7.03. The highest BCUT2D eigenvalue weighted by atomic mass is 16.5. The molecule has 0 saturated carbocycles. The van der Waals surface area contributed by atoms with E-state index in [1.807, 2.05) is 52.0 Å². The number of aliphatic hydroxyl groups is 1. The minimum atomic E-state index is -0.598. The van der Waals surface area contributed by atoms with Crippen LogP contribution < -0.4 is 9.47 Å². The summed E-state index contributed by atoms with van der Waals surface area (Å²) >= 11 is 0. The van der Waals surface area contributed by atoms with E-state index >= 15 is 0 Å². The van der Waals surface area contributed by atoms with E-state index < -0.39 is 11.5 Å². The molecule has 0 unspecified atom stereocenters. The maximum absolute atomic E-state index is 12.0. The summed E-state index contributed by atoms with van der Waals surface area (Å²) in [5.74, 6) is 1.50. The van der Waals surface area contributed by atoms with Gasteiger partial charge in [0.25, 0.3) is 0 Å². The van der Waals surface area contributed by atoms with E-state index in [4.69, 9.17) is 9.47 Å². The average Bonchev–Trinajstić information content (AvgIpc) is 2.64. The highest BCUT2D eigenvalue weighted by molar-refractivity contribution is 5.85. The van der Waals surface area contributed by atoms with Gasteiger partial charge in [0.2, 0.25) is 0 Å². The lowest BCUT2D eigenvalue weighted by molar-refractivity contribution is -0.128. The third-order valence-electron chi connectivity index (χ3n) is 4.63. The molecule has 2 aromatic rings. The Morgan fingerprint density at radius 1 is 1.15 bits per heavy atom. The van der Waals surface area contributed by atoms with Gasteiger partial charge in [0.15, 0.2) is 5.78 Å². The van der Waals surface area contributed by atoms with E-state index in [-0.39, 0.29) is 12.4 Å². The van der Waals surface area contributed by atoms with Gasteiger partial charge in [0.1, 0.15) is 18.1 Å². The van der Waals surface area contributed by atoms with Crippen molar-refractivity contribution in [2.45, 2.75) is 46.6 Å². The highest BCUT2D eigenvalue weighted by Crippen LogP contribution is 2.25. The maximum Gasteiger partial charge on any atom is 0.175 e. The summed E-state index contributed by atoms with van der Waals surface area (Å²) in [5, 5.41) is 10.5. The number of ketones is 1. The average molecular weight is 370 g/mol. The zero-order valence-electron chi connectivity index (χ0n) is 16.9. The molecule has 1 atom stereocenters. The van der Waals surface area contributed by atoms with Crippen LogP contribution in [0.15, 0.2) is 42.5 Å². The van der Waals surface area contributed by atoms with Gasteiger partial charge >= 0.3 is 0 Å². The summed E-state index contributed by atoms with van der Waals surface area (Å²) in [4.78, 5) is 12.0. The molecule has 2 rings (SSSR count). The van der Waals surface area contributed by atoms with E-state index in [2.05, 4.69) is 6.07 Å². The smallest absolute Gasteiger partial charge is 0.175 e. The molecule has 0 aromatic heterocycles. The van der Waals surface area contributed by atoms with E-state index in [9.17, 15) is 9.90 Å². The number of ether oxygens (including phenoxy) is 2. The predicted octanol–water partition coefficient (Wildman–Crippen LogP) is 4.66. The second kappa shape index (κ2) is 9.05. The zero-order valence-corrected chi connectivity index (χ0v) is 16.9. The zero-order chi connectivity index (χ0) is 20.0. The summed E-state index contributed by atoms with van der Waals surface area (Å²) in [6.07, 6.45) is 0.737. The van der Waals surface area contributed by atoms with Crippen molar-refractivity contribution in [3.8, 4) is 11.5 Å². The van der Waals surface area contributed by atoms with Gasteiger partial charge in [-0.25, -0.2) is 0 Å². The summed E-state index contributed by atoms with van der Waals surface area (Å²) in [6, 6.07) is 13.4. The molecular formula is C23H30O4. The van der Waals surface area contributed by atoms with Gasteiger partial charge < -0.3 is 14.6 Å². The van der Waals surface area contributed by atoms with Crippen LogP contribution >= 0.6 is 0 Å². The maximum atomic E-state index is 12.0. The first kappa shape index (κ1) is 21.0. The van der Waals surface area contributed by atoms with Gasteiger partial charge in [-0.15, -0.1) is 0 Å². The standard InChI is InChI=1S/C23H30O4/c1-16-9-10-17(13-21(16)26-5)11-12-20(24)18-7-6-8-19(14-18)27-15-22(25)23(2,3)4/h6-10,13-14,20,24H,11-12,15H2,1-5H3/t20-/m1/s1. The summed E-state index contributed by atoms with van der Waals surface area (Å²) in [6.45, 7) is 7.66. The van der Waals surface area contributed by atoms with Gasteiger partial charge in [-0.1, -0.05) is 45.0 Å². The van der Waals surface area contributed by atoms with Crippen molar-refractivity contribution in [3.05, 3.63) is 59.2 Å². The van der Waals surface area contributed by atoms with Crippen LogP contribution in [0, 0.1) is 12.3 Å². The van der Waals surface area contributed by atoms with Gasteiger partial charge in [0, 0.05) is 5.41 Å². The summed E-state index contributed by atoms with van der Waals surface area (Å²) in [7, 11) is 1.66. The van der Waals surface area contributed by atoms with Crippen molar-refractivity contribution >= 4 is 5.78 Å². The number of aryl methyl sites for hydroxylation is 2. The predicted molar refractivity (Wildman–Crippen MR) is 107 cm³/mol. The van der Waals surface area contributed by atoms with Crippen molar-refractivity contribution in [2.24, 2.45) is 5.41 Å². The number of carbonyl (C=O) groups excluding carboxylic acids is 1. The first-order valence-corrected chi connectivity index (χ1v) is 9.28. The van der Waals surface area contributed by atoms with E-state index in [0.717, 1.165) is 28.9 Å². The van der Waals surface area contributed by atoms with Crippen LogP contribution in [0.2, 0.25) is 0 Å². The molecule has 0 bridgehead atoms. The Hall–Kier alpha value is -2.33. The minimum absolute atomic E-state index is 0.0339. The van der Waals surface area contributed by atoms with Gasteiger partial charge in [0.05, 0.1) is 13.2 Å². The number of aliphatic hydroxyl groups excluding tert-OH is 1. The second-order valence-corrected chi connectivity index (χ2v) is 7.89. The topological polar surface area (TPSA) is 55.8 Å². The van der Waals surface area contributed by atoms with Crippen molar-refractivity contribution < 1.29 is 19.4 Å². The van der Waals surface area contributed by atoms with Crippen molar-refractivity contribution in [2.75, 3.05) is 13.7 Å². The number of Topliss-reactive ketones (excluding diaryl/α,β-unsaturated/α-hetero) is 1. The molecule has 4 heteroatoms. The number of rotatable bonds is 8. The van der Waals surface area contributed by atoms with Crippen LogP contribution in [0.4, 0.5) is 0 Å². The molecule has 0 amide bonds. The number of hydrogen-bond acceptors (Lipinski definition) is 4. The van der Waals surface area contributed by atoms with Crippen LogP contribution in [-0.2, 0) is 11.2 Å². The molecule has 0 fully saturated rings. The van der Waals surface area contributed by atoms with E-state index in [1.165, 1.54) is 0 Å². The fourth-order valence-corrected chi connectivity index (χ4v) is 2.67. The van der Waals surface area contributed by atoms with Crippen molar-refractivity contribution in [1.82, 2.24) is 0 Å². The number of hydrogen-bond donors (Lipinski definition) is 1. The van der Waals surface area contributed by atoms with Crippen molar-refractivity contribution in [1.29, 1.82) is 0 Å². The highest BCUT2D eigenvalue weighted by Gasteiger charge is 2.21. The Bertz CT molecular complexity index is 774. The lowest BCUT2D eigenvalue weighted by Crippen LogP contribution is -2.26. The van der Waals surface area contributed by atoms with Crippen LogP contribution in [0.25, 0.3) is 0 Å². The summed E-state index contributed by atoms with van der Waals surface area (Å²) < 4.78 is 11.0. The molecule has 0 saturated heterocycles. The number of methoxy groups -OCH3 is 1. The normalized spacial score (nSPS) is 12.5. The lowest BCUT2D eigenvalue weighted by Gasteiger charge is -2.17. The molecule has 2 aromatic carbocycles. The number of carbonyl (C=O) groups is 1. The largest absolute Gasteiger partial charge is 0.496 e. The van der Waals surface area contributed by atoms with Crippen LogP contribution in [0.1, 0.15) is 50.0 Å². The van der Waals surface area contributed by atoms with Crippen LogP contribution in [0.5, 0.6) is 11.5 Å². The third kappa shape index (κ3) is 6.10. The first-order valence-electron chi connectivity index (χ1n) is 9.28. The molecule has 1 N–H and O–H groups in total. The lowest BCUT2D eigenvalue weighted by atomic mass is 9.91. The Morgan fingerprint density at radius 2 is 1.89 bits per heavy atom. The molecule has 0 spiro atoms.